The fourth-order valence-electron chi connectivity index (χ4n) is 3.82. The van der Waals surface area contributed by atoms with Gasteiger partial charge in [-0.25, -0.2) is 8.42 Å². The number of ether oxygens (including phenoxy) is 2. The quantitative estimate of drug-likeness (QED) is 0.523. The fraction of sp³-hybridized carbons (Fsp3) is 0.269. The van der Waals surface area contributed by atoms with Crippen LogP contribution >= 0.6 is 0 Å². The Morgan fingerprint density at radius 1 is 0.941 bits per heavy atom. The van der Waals surface area contributed by atoms with Gasteiger partial charge in [-0.05, 0) is 79.9 Å². The highest BCUT2D eigenvalue weighted by Gasteiger charge is 2.28. The Kier molecular flexibility index (Phi) is 7.19. The van der Waals surface area contributed by atoms with Gasteiger partial charge in [0.25, 0.3) is 5.91 Å². The van der Waals surface area contributed by atoms with Gasteiger partial charge in [0, 0.05) is 18.8 Å². The monoisotopic (exact) mass is 480 g/mol. The van der Waals surface area contributed by atoms with E-state index in [9.17, 15) is 13.2 Å². The van der Waals surface area contributed by atoms with Crippen molar-refractivity contribution in [3.8, 4) is 11.5 Å². The van der Waals surface area contributed by atoms with Crippen LogP contribution in [0, 0.1) is 6.92 Å². The predicted octanol–water partition coefficient (Wildman–Crippen LogP) is 4.16. The van der Waals surface area contributed by atoms with Gasteiger partial charge in [-0.3, -0.25) is 4.79 Å². The molecule has 0 unspecified atom stereocenters. The van der Waals surface area contributed by atoms with E-state index in [1.54, 1.807) is 48.5 Å². The SMILES string of the molecule is CCOc1ccc(OCC(=O)Nc2ccc3c(c2)CN(S(=O)(=O)c2ccc(C)cc2)CC3)cc1. The zero-order valence-electron chi connectivity index (χ0n) is 19.3. The molecule has 1 aliphatic heterocycles. The van der Waals surface area contributed by atoms with Crippen molar-refractivity contribution >= 4 is 21.6 Å². The number of hydrogen-bond acceptors (Lipinski definition) is 5. The van der Waals surface area contributed by atoms with Gasteiger partial charge in [0.1, 0.15) is 11.5 Å². The van der Waals surface area contributed by atoms with Crippen molar-refractivity contribution in [1.82, 2.24) is 4.31 Å². The molecule has 8 heteroatoms. The summed E-state index contributed by atoms with van der Waals surface area (Å²) in [4.78, 5) is 12.7. The molecule has 0 aromatic heterocycles. The predicted molar refractivity (Wildman–Crippen MR) is 131 cm³/mol. The topological polar surface area (TPSA) is 84.9 Å². The molecule has 0 fully saturated rings. The summed E-state index contributed by atoms with van der Waals surface area (Å²) in [6, 6.07) is 19.6. The van der Waals surface area contributed by atoms with Crippen LogP contribution in [0.5, 0.6) is 11.5 Å². The Balaban J connectivity index is 1.38. The number of sulfonamides is 1. The minimum atomic E-state index is -3.59. The van der Waals surface area contributed by atoms with Gasteiger partial charge in [-0.2, -0.15) is 4.31 Å². The summed E-state index contributed by atoms with van der Waals surface area (Å²) in [6.07, 6.45) is 0.621. The van der Waals surface area contributed by atoms with Crippen molar-refractivity contribution in [2.24, 2.45) is 0 Å². The largest absolute Gasteiger partial charge is 0.494 e. The van der Waals surface area contributed by atoms with Crippen LogP contribution in [0.4, 0.5) is 5.69 Å². The zero-order chi connectivity index (χ0) is 24.1. The average Bonchev–Trinajstić information content (AvgIpc) is 2.83. The molecule has 1 aliphatic rings. The third kappa shape index (κ3) is 5.58. The highest BCUT2D eigenvalue weighted by Crippen LogP contribution is 2.27. The minimum Gasteiger partial charge on any atom is -0.494 e. The molecule has 1 heterocycles. The summed E-state index contributed by atoms with van der Waals surface area (Å²) < 4.78 is 38.6. The number of carbonyl (C=O) groups excluding carboxylic acids is 1. The zero-order valence-corrected chi connectivity index (χ0v) is 20.1. The first-order valence-electron chi connectivity index (χ1n) is 11.2. The standard InChI is InChI=1S/C26H28N2O5S/c1-3-32-23-8-10-24(11-9-23)33-18-26(29)27-22-7-6-20-14-15-28(17-21(20)16-22)34(30,31)25-12-4-19(2)5-13-25/h4-13,16H,3,14-15,17-18H2,1-2H3,(H,27,29). The summed E-state index contributed by atoms with van der Waals surface area (Å²) in [5, 5.41) is 2.83. The third-order valence-electron chi connectivity index (χ3n) is 5.63. The van der Waals surface area contributed by atoms with Gasteiger partial charge < -0.3 is 14.8 Å². The smallest absolute Gasteiger partial charge is 0.262 e. The van der Waals surface area contributed by atoms with Crippen molar-refractivity contribution in [3.63, 3.8) is 0 Å². The molecule has 0 atom stereocenters. The maximum Gasteiger partial charge on any atom is 0.262 e. The second kappa shape index (κ2) is 10.3. The number of nitrogens with zero attached hydrogens (tertiary/aromatic N) is 1. The third-order valence-corrected chi connectivity index (χ3v) is 7.49. The fourth-order valence-corrected chi connectivity index (χ4v) is 5.24. The van der Waals surface area contributed by atoms with Gasteiger partial charge in [-0.1, -0.05) is 23.8 Å². The van der Waals surface area contributed by atoms with Crippen LogP contribution in [0.2, 0.25) is 0 Å². The summed E-state index contributed by atoms with van der Waals surface area (Å²) in [6.45, 7) is 4.96. The molecule has 0 aliphatic carbocycles. The number of amides is 1. The highest BCUT2D eigenvalue weighted by atomic mass is 32.2. The van der Waals surface area contributed by atoms with Gasteiger partial charge in [0.2, 0.25) is 10.0 Å². The van der Waals surface area contributed by atoms with Crippen LogP contribution in [-0.4, -0.2) is 38.4 Å². The van der Waals surface area contributed by atoms with E-state index in [1.807, 2.05) is 32.0 Å². The molecule has 0 saturated heterocycles. The highest BCUT2D eigenvalue weighted by molar-refractivity contribution is 7.89. The Bertz CT molecular complexity index is 1260. The van der Waals surface area contributed by atoms with Crippen molar-refractivity contribution in [1.29, 1.82) is 0 Å². The normalized spacial score (nSPS) is 13.7. The summed E-state index contributed by atoms with van der Waals surface area (Å²) in [5.41, 5.74) is 3.58. The Morgan fingerprint density at radius 2 is 1.62 bits per heavy atom. The van der Waals surface area contributed by atoms with Gasteiger partial charge in [-0.15, -0.1) is 0 Å². The molecule has 3 aromatic rings. The molecule has 178 valence electrons. The van der Waals surface area contributed by atoms with Crippen LogP contribution in [0.15, 0.2) is 71.6 Å². The van der Waals surface area contributed by atoms with Crippen molar-refractivity contribution in [2.45, 2.75) is 31.7 Å². The van der Waals surface area contributed by atoms with Crippen LogP contribution < -0.4 is 14.8 Å². The summed E-state index contributed by atoms with van der Waals surface area (Å²) >= 11 is 0. The van der Waals surface area contributed by atoms with Crippen LogP contribution in [-0.2, 0) is 27.8 Å². The Labute approximate surface area is 200 Å². The second-order valence-electron chi connectivity index (χ2n) is 8.13. The lowest BCUT2D eigenvalue weighted by molar-refractivity contribution is -0.118. The second-order valence-corrected chi connectivity index (χ2v) is 10.1. The van der Waals surface area contributed by atoms with Gasteiger partial charge >= 0.3 is 0 Å². The number of carbonyl (C=O) groups is 1. The molecule has 1 amide bonds. The number of anilines is 1. The molecule has 7 nitrogen and oxygen atoms in total. The van der Waals surface area contributed by atoms with Crippen molar-refractivity contribution < 1.29 is 22.7 Å². The summed E-state index contributed by atoms with van der Waals surface area (Å²) in [5.74, 6) is 1.02. The molecule has 4 rings (SSSR count). The number of nitrogens with one attached hydrogen (secondary N) is 1. The lowest BCUT2D eigenvalue weighted by Crippen LogP contribution is -2.36. The van der Waals surface area contributed by atoms with E-state index in [-0.39, 0.29) is 24.0 Å². The number of aryl methyl sites for hydroxylation is 1. The lowest BCUT2D eigenvalue weighted by atomic mass is 10.0. The lowest BCUT2D eigenvalue weighted by Gasteiger charge is -2.28. The van der Waals surface area contributed by atoms with E-state index >= 15 is 0 Å². The Morgan fingerprint density at radius 3 is 2.29 bits per heavy atom. The van der Waals surface area contributed by atoms with E-state index < -0.39 is 10.0 Å². The van der Waals surface area contributed by atoms with E-state index in [4.69, 9.17) is 9.47 Å². The first-order chi connectivity index (χ1) is 16.3. The van der Waals surface area contributed by atoms with Crippen LogP contribution in [0.25, 0.3) is 0 Å². The van der Waals surface area contributed by atoms with Crippen molar-refractivity contribution in [3.05, 3.63) is 83.4 Å². The maximum absolute atomic E-state index is 13.1. The molecule has 0 bridgehead atoms. The van der Waals surface area contributed by atoms with E-state index in [0.29, 0.717) is 31.0 Å². The molecule has 1 N–H and O–H groups in total. The minimum absolute atomic E-state index is 0.140. The van der Waals surface area contributed by atoms with Crippen LogP contribution in [0.3, 0.4) is 0 Å². The molecule has 0 spiro atoms. The van der Waals surface area contributed by atoms with E-state index in [1.165, 1.54) is 4.31 Å². The first kappa shape index (κ1) is 23.8. The van der Waals surface area contributed by atoms with Gasteiger partial charge in [0.05, 0.1) is 11.5 Å². The first-order valence-corrected chi connectivity index (χ1v) is 12.6. The molecular weight excluding hydrogens is 452 g/mol. The number of benzene rings is 3. The van der Waals surface area contributed by atoms with Gasteiger partial charge in [0.15, 0.2) is 6.61 Å². The molecule has 34 heavy (non-hydrogen) atoms. The number of fused-ring (bicyclic) bond motifs is 1. The van der Waals surface area contributed by atoms with Crippen LogP contribution in [0.1, 0.15) is 23.6 Å². The van der Waals surface area contributed by atoms with E-state index in [2.05, 4.69) is 5.32 Å². The van der Waals surface area contributed by atoms with E-state index in [0.717, 1.165) is 22.4 Å². The van der Waals surface area contributed by atoms with Crippen molar-refractivity contribution in [2.75, 3.05) is 25.1 Å². The Hall–Kier alpha value is -3.36. The molecular formula is C26H28N2O5S. The summed E-state index contributed by atoms with van der Waals surface area (Å²) in [7, 11) is -3.59. The number of rotatable bonds is 8. The molecule has 3 aromatic carbocycles. The number of hydrogen-bond donors (Lipinski definition) is 1. The molecule has 0 radical (unpaired) electrons. The average molecular weight is 481 g/mol. The molecule has 0 saturated carbocycles. The maximum atomic E-state index is 13.1.